The summed E-state index contributed by atoms with van der Waals surface area (Å²) in [5.74, 6) is 0.651. The van der Waals surface area contributed by atoms with Gasteiger partial charge in [0.15, 0.2) is 5.78 Å². The van der Waals surface area contributed by atoms with E-state index in [1.165, 1.54) is 12.1 Å². The van der Waals surface area contributed by atoms with Crippen molar-refractivity contribution < 1.29 is 14.3 Å². The Hall–Kier alpha value is -2.04. The highest BCUT2D eigenvalue weighted by Crippen LogP contribution is 2.37. The van der Waals surface area contributed by atoms with Crippen LogP contribution in [0, 0.1) is 17.7 Å². The minimum Gasteiger partial charge on any atom is -0.393 e. The van der Waals surface area contributed by atoms with Gasteiger partial charge in [-0.3, -0.25) is 9.69 Å². The molecule has 132 valence electrons. The second-order valence-electron chi connectivity index (χ2n) is 6.93. The molecule has 0 aromatic heterocycles. The number of hydrogen-bond acceptors (Lipinski definition) is 3. The Kier molecular flexibility index (Phi) is 5.95. The van der Waals surface area contributed by atoms with E-state index in [0.29, 0.717) is 23.9 Å². The number of aliphatic hydroxyl groups excluding tert-OH is 1. The first-order valence-electron chi connectivity index (χ1n) is 8.81. The lowest BCUT2D eigenvalue weighted by Crippen LogP contribution is -2.29. The van der Waals surface area contributed by atoms with Crippen molar-refractivity contribution in [1.29, 1.82) is 0 Å². The maximum Gasteiger partial charge on any atom is 0.176 e. The van der Waals surface area contributed by atoms with Crippen LogP contribution in [-0.2, 0) is 0 Å². The number of aliphatic hydroxyl groups is 1. The van der Waals surface area contributed by atoms with Gasteiger partial charge in [-0.2, -0.15) is 0 Å². The fourth-order valence-corrected chi connectivity index (χ4v) is 3.84. The van der Waals surface area contributed by atoms with Crippen molar-refractivity contribution in [3.63, 3.8) is 0 Å². The van der Waals surface area contributed by atoms with Crippen LogP contribution in [0.2, 0.25) is 0 Å². The zero-order valence-corrected chi connectivity index (χ0v) is 14.2. The standard InChI is InChI=1S/C15H18FNO2.C6H6/c16-13-3-1-2-10(4-13)15(19)9-17-7-11-5-14(18)6-12(11)8-17;1-2-4-6-5-3-1/h1-4,11-12,14,18H,5-9H2;1-6H/t11-,12+,14?;. The van der Waals surface area contributed by atoms with E-state index in [4.69, 9.17) is 0 Å². The third-order valence-electron chi connectivity index (χ3n) is 4.98. The Labute approximate surface area is 148 Å². The van der Waals surface area contributed by atoms with Crippen molar-refractivity contribution in [3.8, 4) is 0 Å². The number of rotatable bonds is 3. The molecule has 0 bridgehead atoms. The lowest BCUT2D eigenvalue weighted by atomic mass is 10.0. The van der Waals surface area contributed by atoms with E-state index in [9.17, 15) is 14.3 Å². The molecule has 3 atom stereocenters. The summed E-state index contributed by atoms with van der Waals surface area (Å²) < 4.78 is 13.1. The number of carbonyl (C=O) groups is 1. The van der Waals surface area contributed by atoms with Crippen LogP contribution in [0.25, 0.3) is 0 Å². The summed E-state index contributed by atoms with van der Waals surface area (Å²) in [7, 11) is 0. The van der Waals surface area contributed by atoms with Crippen molar-refractivity contribution in [3.05, 3.63) is 72.0 Å². The molecule has 25 heavy (non-hydrogen) atoms. The molecule has 0 amide bonds. The highest BCUT2D eigenvalue weighted by molar-refractivity contribution is 5.97. The van der Waals surface area contributed by atoms with E-state index < -0.39 is 0 Å². The number of ketones is 1. The molecule has 0 radical (unpaired) electrons. The smallest absolute Gasteiger partial charge is 0.176 e. The van der Waals surface area contributed by atoms with Gasteiger partial charge in [-0.05, 0) is 36.8 Å². The monoisotopic (exact) mass is 341 g/mol. The van der Waals surface area contributed by atoms with Gasteiger partial charge in [0.05, 0.1) is 12.6 Å². The molecule has 3 nitrogen and oxygen atoms in total. The van der Waals surface area contributed by atoms with Gasteiger partial charge < -0.3 is 5.11 Å². The third kappa shape index (κ3) is 4.97. The molecule has 1 heterocycles. The summed E-state index contributed by atoms with van der Waals surface area (Å²) in [5, 5.41) is 9.58. The van der Waals surface area contributed by atoms with Gasteiger partial charge in [-0.25, -0.2) is 4.39 Å². The predicted molar refractivity (Wildman–Crippen MR) is 95.8 cm³/mol. The second-order valence-corrected chi connectivity index (χ2v) is 6.93. The quantitative estimate of drug-likeness (QED) is 0.870. The topological polar surface area (TPSA) is 40.5 Å². The van der Waals surface area contributed by atoms with Crippen LogP contribution in [0.1, 0.15) is 23.2 Å². The number of carbonyl (C=O) groups excluding carboxylic acids is 1. The van der Waals surface area contributed by atoms with E-state index in [2.05, 4.69) is 4.90 Å². The van der Waals surface area contributed by atoms with Crippen LogP contribution in [-0.4, -0.2) is 41.5 Å². The number of fused-ring (bicyclic) bond motifs is 1. The van der Waals surface area contributed by atoms with Gasteiger partial charge in [0.2, 0.25) is 0 Å². The molecule has 4 heteroatoms. The van der Waals surface area contributed by atoms with E-state index in [0.717, 1.165) is 25.9 Å². The van der Waals surface area contributed by atoms with Crippen molar-refractivity contribution in [2.75, 3.05) is 19.6 Å². The Morgan fingerprint density at radius 3 is 2.08 bits per heavy atom. The number of hydrogen-bond donors (Lipinski definition) is 1. The number of nitrogens with zero attached hydrogens (tertiary/aromatic N) is 1. The lowest BCUT2D eigenvalue weighted by molar-refractivity contribution is 0.0934. The Balaban J connectivity index is 0.000000258. The van der Waals surface area contributed by atoms with Crippen LogP contribution >= 0.6 is 0 Å². The maximum atomic E-state index is 13.1. The van der Waals surface area contributed by atoms with Gasteiger partial charge in [0.1, 0.15) is 5.82 Å². The van der Waals surface area contributed by atoms with Crippen molar-refractivity contribution in [1.82, 2.24) is 4.90 Å². The second kappa shape index (κ2) is 8.37. The van der Waals surface area contributed by atoms with Gasteiger partial charge in [0, 0.05) is 18.7 Å². The largest absolute Gasteiger partial charge is 0.393 e. The van der Waals surface area contributed by atoms with Gasteiger partial charge in [0.25, 0.3) is 0 Å². The van der Waals surface area contributed by atoms with Crippen molar-refractivity contribution >= 4 is 5.78 Å². The third-order valence-corrected chi connectivity index (χ3v) is 4.98. The fraction of sp³-hybridized carbons (Fsp3) is 0.381. The SMILES string of the molecule is O=C(CN1C[C@H]2CC(O)C[C@H]2C1)c1cccc(F)c1.c1ccccc1. The van der Waals surface area contributed by atoms with E-state index >= 15 is 0 Å². The first-order chi connectivity index (χ1) is 12.1. The molecular weight excluding hydrogens is 317 g/mol. The zero-order valence-electron chi connectivity index (χ0n) is 14.2. The molecule has 1 unspecified atom stereocenters. The normalized spacial score (nSPS) is 25.1. The van der Waals surface area contributed by atoms with E-state index in [1.807, 2.05) is 36.4 Å². The minimum absolute atomic E-state index is 0.0278. The first-order valence-corrected chi connectivity index (χ1v) is 8.81. The summed E-state index contributed by atoms with van der Waals surface area (Å²) in [6.07, 6.45) is 1.56. The summed E-state index contributed by atoms with van der Waals surface area (Å²) in [4.78, 5) is 14.2. The van der Waals surface area contributed by atoms with Crippen LogP contribution in [0.3, 0.4) is 0 Å². The summed E-state index contributed by atoms with van der Waals surface area (Å²) in [6.45, 7) is 2.11. The van der Waals surface area contributed by atoms with Crippen LogP contribution in [0.15, 0.2) is 60.7 Å². The molecular formula is C21H24FNO2. The summed E-state index contributed by atoms with van der Waals surface area (Å²) in [5.41, 5.74) is 0.442. The molecule has 2 aliphatic rings. The predicted octanol–water partition coefficient (Wildman–Crippen LogP) is 3.40. The average Bonchev–Trinajstić information content (AvgIpc) is 3.13. The molecule has 4 rings (SSSR count). The lowest BCUT2D eigenvalue weighted by Gasteiger charge is -2.16. The molecule has 2 aromatic carbocycles. The molecule has 1 aliphatic carbocycles. The van der Waals surface area contributed by atoms with Crippen LogP contribution in [0.5, 0.6) is 0 Å². The minimum atomic E-state index is -0.368. The molecule has 1 saturated carbocycles. The average molecular weight is 341 g/mol. The van der Waals surface area contributed by atoms with Gasteiger partial charge >= 0.3 is 0 Å². The molecule has 2 aromatic rings. The number of likely N-dealkylation sites (tertiary alicyclic amines) is 1. The Bertz CT molecular complexity index is 651. The molecule has 2 fully saturated rings. The van der Waals surface area contributed by atoms with Gasteiger partial charge in [-0.15, -0.1) is 0 Å². The van der Waals surface area contributed by atoms with Crippen LogP contribution < -0.4 is 0 Å². The summed E-state index contributed by atoms with van der Waals surface area (Å²) >= 11 is 0. The van der Waals surface area contributed by atoms with E-state index in [1.54, 1.807) is 12.1 Å². The fourth-order valence-electron chi connectivity index (χ4n) is 3.84. The van der Waals surface area contributed by atoms with E-state index in [-0.39, 0.29) is 17.7 Å². The Morgan fingerprint density at radius 2 is 1.56 bits per heavy atom. The Morgan fingerprint density at radius 1 is 1.00 bits per heavy atom. The molecule has 1 saturated heterocycles. The highest BCUT2D eigenvalue weighted by atomic mass is 19.1. The van der Waals surface area contributed by atoms with Crippen molar-refractivity contribution in [2.24, 2.45) is 11.8 Å². The highest BCUT2D eigenvalue weighted by Gasteiger charge is 2.40. The number of Topliss-reactive ketones (excluding diaryl/α,β-unsaturated/α-hetero) is 1. The summed E-state index contributed by atoms with van der Waals surface area (Å²) in [6, 6.07) is 17.9. The number of benzene rings is 2. The molecule has 0 spiro atoms. The maximum absolute atomic E-state index is 13.1. The molecule has 1 N–H and O–H groups in total. The van der Waals surface area contributed by atoms with Crippen LogP contribution in [0.4, 0.5) is 4.39 Å². The zero-order chi connectivity index (χ0) is 17.6. The van der Waals surface area contributed by atoms with Gasteiger partial charge in [-0.1, -0.05) is 48.5 Å². The first kappa shape index (κ1) is 17.8. The van der Waals surface area contributed by atoms with Crippen molar-refractivity contribution in [2.45, 2.75) is 18.9 Å². The molecule has 1 aliphatic heterocycles. The number of halogens is 1.